The van der Waals surface area contributed by atoms with Crippen molar-refractivity contribution in [2.24, 2.45) is 0 Å². The molecular weight excluding hydrogens is 460 g/mol. The summed E-state index contributed by atoms with van der Waals surface area (Å²) in [5.74, 6) is -0.719. The van der Waals surface area contributed by atoms with Crippen LogP contribution in [0, 0.1) is 0 Å². The van der Waals surface area contributed by atoms with Crippen LogP contribution < -0.4 is 10.6 Å². The van der Waals surface area contributed by atoms with Crippen molar-refractivity contribution in [3.8, 4) is 5.69 Å². The molecule has 2 aromatic carbocycles. The van der Waals surface area contributed by atoms with Gasteiger partial charge < -0.3 is 5.32 Å². The summed E-state index contributed by atoms with van der Waals surface area (Å²) in [5.41, 5.74) is 2.13. The number of nitrogens with one attached hydrogen (secondary N) is 2. The molecule has 0 radical (unpaired) electrons. The normalized spacial score (nSPS) is 18.5. The van der Waals surface area contributed by atoms with Crippen molar-refractivity contribution in [1.82, 2.24) is 15.1 Å². The summed E-state index contributed by atoms with van der Waals surface area (Å²) < 4.78 is 2.59. The van der Waals surface area contributed by atoms with E-state index in [1.165, 1.54) is 0 Å². The van der Waals surface area contributed by atoms with Crippen molar-refractivity contribution in [2.45, 2.75) is 31.6 Å². The molecule has 3 aromatic rings. The van der Waals surface area contributed by atoms with Gasteiger partial charge in [-0.3, -0.25) is 19.7 Å². The van der Waals surface area contributed by atoms with Crippen LogP contribution in [0.4, 0.5) is 5.69 Å². The van der Waals surface area contributed by atoms with Gasteiger partial charge in [-0.25, -0.2) is 4.68 Å². The predicted molar refractivity (Wildman–Crippen MR) is 120 cm³/mol. The SMILES string of the molecule is CCC1(c2ccc(NC(=O)c3ccc(-n4cc(Br)cn4)cc3)cc2)CCC(=O)NC1=O. The number of hydrogen-bond donors (Lipinski definition) is 2. The van der Waals surface area contributed by atoms with Gasteiger partial charge in [-0.15, -0.1) is 0 Å². The summed E-state index contributed by atoms with van der Waals surface area (Å²) in [6.07, 6.45) is 4.93. The standard InChI is InChI=1S/C23H21BrN4O3/c1-2-23(12-11-20(29)27-22(23)31)16-5-7-18(8-6-16)26-21(30)15-3-9-19(10-4-15)28-14-17(24)13-25-28/h3-10,13-14H,2,11-12H2,1H3,(H,26,30)(H,27,29,31). The molecule has 31 heavy (non-hydrogen) atoms. The molecule has 3 amide bonds. The molecule has 0 aliphatic carbocycles. The van der Waals surface area contributed by atoms with Gasteiger partial charge in [0, 0.05) is 23.9 Å². The first kappa shape index (κ1) is 21.0. The molecule has 1 fully saturated rings. The highest BCUT2D eigenvalue weighted by atomic mass is 79.9. The highest BCUT2D eigenvalue weighted by molar-refractivity contribution is 9.10. The zero-order valence-electron chi connectivity index (χ0n) is 16.9. The maximum absolute atomic E-state index is 12.6. The van der Waals surface area contributed by atoms with Crippen molar-refractivity contribution in [1.29, 1.82) is 0 Å². The Morgan fingerprint density at radius 1 is 1.16 bits per heavy atom. The van der Waals surface area contributed by atoms with E-state index in [0.29, 0.717) is 30.5 Å². The fourth-order valence-corrected chi connectivity index (χ4v) is 4.14. The van der Waals surface area contributed by atoms with Crippen LogP contribution >= 0.6 is 15.9 Å². The molecule has 1 unspecified atom stereocenters. The summed E-state index contributed by atoms with van der Waals surface area (Å²) in [6, 6.07) is 14.4. The highest BCUT2D eigenvalue weighted by Gasteiger charge is 2.42. The molecule has 1 aliphatic rings. The van der Waals surface area contributed by atoms with Crippen molar-refractivity contribution in [2.75, 3.05) is 5.32 Å². The highest BCUT2D eigenvalue weighted by Crippen LogP contribution is 2.36. The third-order valence-electron chi connectivity index (χ3n) is 5.71. The lowest BCUT2D eigenvalue weighted by molar-refractivity contribution is -0.138. The lowest BCUT2D eigenvalue weighted by atomic mass is 9.72. The average molecular weight is 481 g/mol. The number of anilines is 1. The first-order valence-corrected chi connectivity index (χ1v) is 10.8. The van der Waals surface area contributed by atoms with E-state index in [1.807, 2.05) is 37.4 Å². The second-order valence-corrected chi connectivity index (χ2v) is 8.41. The lowest BCUT2D eigenvalue weighted by Crippen LogP contribution is -2.51. The van der Waals surface area contributed by atoms with Crippen LogP contribution in [0.3, 0.4) is 0 Å². The third-order valence-corrected chi connectivity index (χ3v) is 6.12. The maximum atomic E-state index is 12.6. The molecule has 1 aromatic heterocycles. The van der Waals surface area contributed by atoms with Crippen LogP contribution in [0.15, 0.2) is 65.4 Å². The smallest absolute Gasteiger partial charge is 0.255 e. The van der Waals surface area contributed by atoms with E-state index in [-0.39, 0.29) is 17.7 Å². The molecular formula is C23H21BrN4O3. The second-order valence-electron chi connectivity index (χ2n) is 7.49. The van der Waals surface area contributed by atoms with Gasteiger partial charge in [-0.2, -0.15) is 5.10 Å². The minimum atomic E-state index is -0.715. The number of amides is 3. The minimum Gasteiger partial charge on any atom is -0.322 e. The van der Waals surface area contributed by atoms with Gasteiger partial charge in [0.25, 0.3) is 5.91 Å². The molecule has 1 saturated heterocycles. The molecule has 2 heterocycles. The Balaban J connectivity index is 1.47. The van der Waals surface area contributed by atoms with E-state index in [9.17, 15) is 14.4 Å². The molecule has 0 spiro atoms. The van der Waals surface area contributed by atoms with Crippen LogP contribution in [0.5, 0.6) is 0 Å². The quantitative estimate of drug-likeness (QED) is 0.540. The van der Waals surface area contributed by atoms with E-state index in [0.717, 1.165) is 15.7 Å². The molecule has 158 valence electrons. The number of piperidine rings is 1. The van der Waals surface area contributed by atoms with Gasteiger partial charge in [0.2, 0.25) is 11.8 Å². The first-order chi connectivity index (χ1) is 14.9. The summed E-state index contributed by atoms with van der Waals surface area (Å²) in [5, 5.41) is 9.55. The van der Waals surface area contributed by atoms with Gasteiger partial charge in [0.1, 0.15) is 0 Å². The van der Waals surface area contributed by atoms with Gasteiger partial charge in [0.05, 0.1) is 21.8 Å². The fourth-order valence-electron chi connectivity index (χ4n) is 3.85. The number of carbonyl (C=O) groups excluding carboxylic acids is 3. The Morgan fingerprint density at radius 2 is 1.87 bits per heavy atom. The van der Waals surface area contributed by atoms with Crippen LogP contribution in [0.1, 0.15) is 42.1 Å². The summed E-state index contributed by atoms with van der Waals surface area (Å²) >= 11 is 3.36. The van der Waals surface area contributed by atoms with E-state index in [2.05, 4.69) is 31.7 Å². The van der Waals surface area contributed by atoms with Crippen LogP contribution in [0.2, 0.25) is 0 Å². The molecule has 8 heteroatoms. The van der Waals surface area contributed by atoms with Gasteiger partial charge in [0.15, 0.2) is 0 Å². The fraction of sp³-hybridized carbons (Fsp3) is 0.217. The van der Waals surface area contributed by atoms with E-state index in [1.54, 1.807) is 35.1 Å². The number of halogens is 1. The number of aromatic nitrogens is 2. The van der Waals surface area contributed by atoms with Crippen molar-refractivity contribution < 1.29 is 14.4 Å². The Morgan fingerprint density at radius 3 is 2.45 bits per heavy atom. The summed E-state index contributed by atoms with van der Waals surface area (Å²) in [6.45, 7) is 1.94. The molecule has 1 aliphatic heterocycles. The Labute approximate surface area is 188 Å². The Bertz CT molecular complexity index is 1140. The second kappa shape index (κ2) is 8.47. The van der Waals surface area contributed by atoms with Crippen LogP contribution in [-0.2, 0) is 15.0 Å². The van der Waals surface area contributed by atoms with Crippen LogP contribution in [-0.4, -0.2) is 27.5 Å². The molecule has 0 bridgehead atoms. The number of hydrogen-bond acceptors (Lipinski definition) is 4. The third kappa shape index (κ3) is 4.16. The van der Waals surface area contributed by atoms with Gasteiger partial charge >= 0.3 is 0 Å². The average Bonchev–Trinajstić information content (AvgIpc) is 3.21. The van der Waals surface area contributed by atoms with E-state index < -0.39 is 5.41 Å². The first-order valence-electron chi connectivity index (χ1n) is 9.98. The monoisotopic (exact) mass is 480 g/mol. The lowest BCUT2D eigenvalue weighted by Gasteiger charge is -2.35. The summed E-state index contributed by atoms with van der Waals surface area (Å²) in [7, 11) is 0. The number of rotatable bonds is 5. The maximum Gasteiger partial charge on any atom is 0.255 e. The molecule has 0 saturated carbocycles. The zero-order chi connectivity index (χ0) is 22.0. The number of carbonyl (C=O) groups is 3. The van der Waals surface area contributed by atoms with Crippen molar-refractivity contribution >= 4 is 39.3 Å². The van der Waals surface area contributed by atoms with Crippen molar-refractivity contribution in [3.63, 3.8) is 0 Å². The van der Waals surface area contributed by atoms with Crippen LogP contribution in [0.25, 0.3) is 5.69 Å². The van der Waals surface area contributed by atoms with Gasteiger partial charge in [-0.1, -0.05) is 19.1 Å². The molecule has 2 N–H and O–H groups in total. The largest absolute Gasteiger partial charge is 0.322 e. The topological polar surface area (TPSA) is 93.1 Å². The summed E-state index contributed by atoms with van der Waals surface area (Å²) in [4.78, 5) is 36.7. The van der Waals surface area contributed by atoms with E-state index in [4.69, 9.17) is 0 Å². The Kier molecular flexibility index (Phi) is 5.73. The number of benzene rings is 2. The molecule has 4 rings (SSSR count). The van der Waals surface area contributed by atoms with Gasteiger partial charge in [-0.05, 0) is 70.7 Å². The predicted octanol–water partition coefficient (Wildman–Crippen LogP) is 3.97. The molecule has 7 nitrogen and oxygen atoms in total. The number of imide groups is 1. The zero-order valence-corrected chi connectivity index (χ0v) is 18.5. The van der Waals surface area contributed by atoms with E-state index >= 15 is 0 Å². The molecule has 1 atom stereocenters. The Hall–Kier alpha value is -3.26. The minimum absolute atomic E-state index is 0.229. The van der Waals surface area contributed by atoms with Crippen molar-refractivity contribution in [3.05, 3.63) is 76.5 Å². The number of nitrogens with zero attached hydrogens (tertiary/aromatic N) is 2.